The number of hydrogen-bond donors (Lipinski definition) is 0. The van der Waals surface area contributed by atoms with Gasteiger partial charge in [0.2, 0.25) is 5.88 Å². The zero-order chi connectivity index (χ0) is 20.4. The molecule has 0 aliphatic carbocycles. The molecule has 0 fully saturated rings. The highest BCUT2D eigenvalue weighted by Gasteiger charge is 2.13. The van der Waals surface area contributed by atoms with Crippen molar-refractivity contribution in [3.63, 3.8) is 0 Å². The van der Waals surface area contributed by atoms with Crippen LogP contribution in [0.25, 0.3) is 22.7 Å². The predicted molar refractivity (Wildman–Crippen MR) is 108 cm³/mol. The lowest BCUT2D eigenvalue weighted by Gasteiger charge is -2.11. The molecule has 4 rings (SSSR count). The Morgan fingerprint density at radius 3 is 2.66 bits per heavy atom. The summed E-state index contributed by atoms with van der Waals surface area (Å²) in [6.07, 6.45) is 5.36. The van der Waals surface area contributed by atoms with Crippen molar-refractivity contribution in [3.05, 3.63) is 100 Å². The van der Waals surface area contributed by atoms with Gasteiger partial charge >= 0.3 is 0 Å². The maximum absolute atomic E-state index is 13.9. The highest BCUT2D eigenvalue weighted by atomic mass is 19.1. The molecule has 0 aliphatic rings. The van der Waals surface area contributed by atoms with E-state index in [-0.39, 0.29) is 17.1 Å². The van der Waals surface area contributed by atoms with Crippen molar-refractivity contribution in [1.29, 1.82) is 0 Å². The van der Waals surface area contributed by atoms with E-state index in [1.165, 1.54) is 22.8 Å². The Kier molecular flexibility index (Phi) is 4.91. The topological polar surface area (TPSA) is 43.6 Å². The van der Waals surface area contributed by atoms with Crippen molar-refractivity contribution >= 4 is 11.6 Å². The standard InChI is InChI=1S/C23H16F2N2O2/c1-2-5-15-6-3-4-7-17(15)23-19-9-11-22(26-27(19)13-12-20(23)28)29-21-10-8-16(24)14-18(21)25/h2-14H,1H3/b5-2+. The quantitative estimate of drug-likeness (QED) is 0.464. The summed E-state index contributed by atoms with van der Waals surface area (Å²) in [6.45, 7) is 1.91. The molecule has 2 aromatic carbocycles. The molecule has 2 heterocycles. The number of fused-ring (bicyclic) bond motifs is 1. The molecule has 0 N–H and O–H groups in total. The SMILES string of the molecule is C/C=C/c1ccccc1-c1c(=O)ccn2nc(Oc3ccc(F)cc3F)ccc12. The fourth-order valence-electron chi connectivity index (χ4n) is 3.12. The Hall–Kier alpha value is -3.80. The second-order valence-electron chi connectivity index (χ2n) is 6.32. The lowest BCUT2D eigenvalue weighted by atomic mass is 9.98. The van der Waals surface area contributed by atoms with Gasteiger partial charge in [-0.15, -0.1) is 5.10 Å². The van der Waals surface area contributed by atoms with Gasteiger partial charge in [0, 0.05) is 24.4 Å². The summed E-state index contributed by atoms with van der Waals surface area (Å²) in [5, 5.41) is 4.31. The second-order valence-corrected chi connectivity index (χ2v) is 6.32. The Bertz CT molecular complexity index is 1300. The molecule has 0 radical (unpaired) electrons. The molecule has 4 aromatic rings. The molecule has 0 aliphatic heterocycles. The molecule has 0 bridgehead atoms. The number of pyridine rings is 1. The van der Waals surface area contributed by atoms with Crippen LogP contribution in [0.15, 0.2) is 77.7 Å². The van der Waals surface area contributed by atoms with E-state index >= 15 is 0 Å². The van der Waals surface area contributed by atoms with Crippen molar-refractivity contribution in [2.24, 2.45) is 0 Å². The van der Waals surface area contributed by atoms with E-state index in [0.29, 0.717) is 11.1 Å². The van der Waals surface area contributed by atoms with Gasteiger partial charge in [0.05, 0.1) is 11.1 Å². The predicted octanol–water partition coefficient (Wildman–Crippen LogP) is 5.47. The molecule has 0 unspecified atom stereocenters. The summed E-state index contributed by atoms with van der Waals surface area (Å²) >= 11 is 0. The highest BCUT2D eigenvalue weighted by molar-refractivity contribution is 5.85. The molecule has 6 heteroatoms. The fourth-order valence-corrected chi connectivity index (χ4v) is 3.12. The molecule has 0 saturated carbocycles. The largest absolute Gasteiger partial charge is 0.434 e. The molecule has 29 heavy (non-hydrogen) atoms. The first-order valence-electron chi connectivity index (χ1n) is 8.94. The molecule has 2 aromatic heterocycles. The van der Waals surface area contributed by atoms with Crippen LogP contribution in [0.3, 0.4) is 0 Å². The third-order valence-corrected chi connectivity index (χ3v) is 4.39. The van der Waals surface area contributed by atoms with Gasteiger partial charge in [-0.05, 0) is 36.2 Å². The first-order chi connectivity index (χ1) is 14.1. The number of halogens is 2. The molecule has 0 amide bonds. The molecule has 0 spiro atoms. The van der Waals surface area contributed by atoms with Crippen LogP contribution < -0.4 is 10.2 Å². The summed E-state index contributed by atoms with van der Waals surface area (Å²) < 4.78 is 33.9. The Morgan fingerprint density at radius 1 is 1.03 bits per heavy atom. The smallest absolute Gasteiger partial charge is 0.237 e. The molecular formula is C23H16F2N2O2. The molecule has 4 nitrogen and oxygen atoms in total. The third kappa shape index (κ3) is 3.65. The number of allylic oxidation sites excluding steroid dienone is 1. The van der Waals surface area contributed by atoms with Gasteiger partial charge < -0.3 is 4.74 Å². The van der Waals surface area contributed by atoms with Crippen LogP contribution in [-0.4, -0.2) is 9.61 Å². The Labute approximate surface area is 165 Å². The van der Waals surface area contributed by atoms with E-state index in [0.717, 1.165) is 23.3 Å². The Balaban J connectivity index is 1.83. The minimum absolute atomic E-state index is 0.111. The van der Waals surface area contributed by atoms with Gasteiger partial charge in [-0.3, -0.25) is 4.79 Å². The second kappa shape index (κ2) is 7.67. The summed E-state index contributed by atoms with van der Waals surface area (Å²) in [5.41, 5.74) is 2.65. The molecular weight excluding hydrogens is 374 g/mol. The van der Waals surface area contributed by atoms with Crippen LogP contribution in [0.4, 0.5) is 8.78 Å². The van der Waals surface area contributed by atoms with E-state index in [1.54, 1.807) is 12.1 Å². The zero-order valence-corrected chi connectivity index (χ0v) is 15.5. The number of ether oxygens (including phenoxy) is 1. The van der Waals surface area contributed by atoms with Gasteiger partial charge in [0.15, 0.2) is 17.0 Å². The van der Waals surface area contributed by atoms with Gasteiger partial charge in [-0.25, -0.2) is 13.3 Å². The fraction of sp³-hybridized carbons (Fsp3) is 0.0435. The number of rotatable bonds is 4. The van der Waals surface area contributed by atoms with Gasteiger partial charge in [0.25, 0.3) is 0 Å². The van der Waals surface area contributed by atoms with Crippen molar-refractivity contribution < 1.29 is 13.5 Å². The van der Waals surface area contributed by atoms with Crippen LogP contribution in [0, 0.1) is 11.6 Å². The molecule has 144 valence electrons. The number of nitrogens with zero attached hydrogens (tertiary/aromatic N) is 2. The molecule has 0 saturated heterocycles. The van der Waals surface area contributed by atoms with Crippen LogP contribution in [0.1, 0.15) is 12.5 Å². The monoisotopic (exact) mass is 390 g/mol. The lowest BCUT2D eigenvalue weighted by molar-refractivity contribution is 0.416. The number of hydrogen-bond acceptors (Lipinski definition) is 3. The number of aromatic nitrogens is 2. The molecule has 0 atom stereocenters. The summed E-state index contributed by atoms with van der Waals surface area (Å²) in [6, 6.07) is 15.3. The summed E-state index contributed by atoms with van der Waals surface area (Å²) in [7, 11) is 0. The van der Waals surface area contributed by atoms with Crippen LogP contribution in [-0.2, 0) is 0 Å². The van der Waals surface area contributed by atoms with Crippen molar-refractivity contribution in [2.75, 3.05) is 0 Å². The van der Waals surface area contributed by atoms with Crippen LogP contribution >= 0.6 is 0 Å². The van der Waals surface area contributed by atoms with E-state index in [9.17, 15) is 13.6 Å². The maximum Gasteiger partial charge on any atom is 0.237 e. The first kappa shape index (κ1) is 18.6. The highest BCUT2D eigenvalue weighted by Crippen LogP contribution is 2.28. The van der Waals surface area contributed by atoms with Gasteiger partial charge in [-0.2, -0.15) is 0 Å². The van der Waals surface area contributed by atoms with E-state index < -0.39 is 11.6 Å². The van der Waals surface area contributed by atoms with Crippen LogP contribution in [0.5, 0.6) is 11.6 Å². The van der Waals surface area contributed by atoms with Gasteiger partial charge in [0.1, 0.15) is 5.82 Å². The maximum atomic E-state index is 13.9. The lowest BCUT2D eigenvalue weighted by Crippen LogP contribution is -2.09. The minimum Gasteiger partial charge on any atom is -0.434 e. The average molecular weight is 390 g/mol. The summed E-state index contributed by atoms with van der Waals surface area (Å²) in [5.74, 6) is -1.55. The Morgan fingerprint density at radius 2 is 1.86 bits per heavy atom. The van der Waals surface area contributed by atoms with Crippen LogP contribution in [0.2, 0.25) is 0 Å². The van der Waals surface area contributed by atoms with E-state index in [4.69, 9.17) is 4.74 Å². The number of benzene rings is 2. The van der Waals surface area contributed by atoms with E-state index in [2.05, 4.69) is 5.10 Å². The van der Waals surface area contributed by atoms with Gasteiger partial charge in [-0.1, -0.05) is 36.4 Å². The van der Waals surface area contributed by atoms with Crippen molar-refractivity contribution in [1.82, 2.24) is 9.61 Å². The first-order valence-corrected chi connectivity index (χ1v) is 8.94. The zero-order valence-electron chi connectivity index (χ0n) is 15.5. The van der Waals surface area contributed by atoms with Crippen molar-refractivity contribution in [3.8, 4) is 22.8 Å². The minimum atomic E-state index is -0.826. The van der Waals surface area contributed by atoms with E-state index in [1.807, 2.05) is 43.3 Å². The average Bonchev–Trinajstić information content (AvgIpc) is 2.71. The van der Waals surface area contributed by atoms with Crippen molar-refractivity contribution in [2.45, 2.75) is 6.92 Å². The normalized spacial score (nSPS) is 11.3. The summed E-state index contributed by atoms with van der Waals surface area (Å²) in [4.78, 5) is 12.7. The third-order valence-electron chi connectivity index (χ3n) is 4.39.